The van der Waals surface area contributed by atoms with E-state index in [1.807, 2.05) is 0 Å². The first-order valence-corrected chi connectivity index (χ1v) is 6.71. The van der Waals surface area contributed by atoms with Crippen LogP contribution in [0.15, 0.2) is 34.7 Å². The van der Waals surface area contributed by atoms with Crippen LogP contribution in [-0.4, -0.2) is 9.91 Å². The van der Waals surface area contributed by atoms with Crippen molar-refractivity contribution >= 4 is 40.0 Å². The highest BCUT2D eigenvalue weighted by atomic mass is 35.5. The van der Waals surface area contributed by atoms with E-state index in [-0.39, 0.29) is 5.69 Å². The topological polar surface area (TPSA) is 69.2 Å². The average molecular weight is 323 g/mol. The predicted octanol–water partition coefficient (Wildman–Crippen LogP) is 5.02. The summed E-state index contributed by atoms with van der Waals surface area (Å²) in [5.41, 5.74) is 2.17. The van der Waals surface area contributed by atoms with Gasteiger partial charge in [0.05, 0.1) is 4.92 Å². The minimum absolute atomic E-state index is 0.0241. The summed E-state index contributed by atoms with van der Waals surface area (Å²) in [6, 6.07) is 7.76. The van der Waals surface area contributed by atoms with Crippen LogP contribution in [-0.2, 0) is 0 Å². The van der Waals surface area contributed by atoms with Gasteiger partial charge in [-0.15, -0.1) is 0 Å². The molecule has 3 rings (SSSR count). The lowest BCUT2D eigenvalue weighted by molar-refractivity contribution is -0.384. The minimum Gasteiger partial charge on any atom is -0.436 e. The fourth-order valence-corrected chi connectivity index (χ4v) is 2.61. The van der Waals surface area contributed by atoms with E-state index in [1.165, 1.54) is 12.1 Å². The number of aryl methyl sites for hydroxylation is 1. The number of aromatic nitrogens is 1. The number of nitro groups is 1. The van der Waals surface area contributed by atoms with E-state index in [9.17, 15) is 10.1 Å². The molecule has 3 aromatic rings. The zero-order valence-corrected chi connectivity index (χ0v) is 12.3. The molecule has 0 aliphatic rings. The second-order valence-electron chi connectivity index (χ2n) is 4.55. The molecule has 0 aliphatic carbocycles. The molecule has 1 heterocycles. The highest BCUT2D eigenvalue weighted by molar-refractivity contribution is 6.35. The van der Waals surface area contributed by atoms with Gasteiger partial charge >= 0.3 is 0 Å². The molecule has 0 saturated carbocycles. The molecule has 1 aromatic heterocycles. The largest absolute Gasteiger partial charge is 0.436 e. The van der Waals surface area contributed by atoms with Gasteiger partial charge in [-0.3, -0.25) is 10.1 Å². The molecule has 21 heavy (non-hydrogen) atoms. The molecular formula is C14H8Cl2N2O3. The molecule has 7 heteroatoms. The Morgan fingerprint density at radius 2 is 1.81 bits per heavy atom. The van der Waals surface area contributed by atoms with Crippen LogP contribution in [0.5, 0.6) is 0 Å². The Morgan fingerprint density at radius 3 is 2.43 bits per heavy atom. The van der Waals surface area contributed by atoms with Crippen molar-refractivity contribution in [2.45, 2.75) is 6.92 Å². The Kier molecular flexibility index (Phi) is 3.31. The van der Waals surface area contributed by atoms with Crippen molar-refractivity contribution in [1.29, 1.82) is 0 Å². The van der Waals surface area contributed by atoms with E-state index >= 15 is 0 Å². The Hall–Kier alpha value is -2.11. The maximum Gasteiger partial charge on any atom is 0.272 e. The smallest absolute Gasteiger partial charge is 0.272 e. The van der Waals surface area contributed by atoms with Crippen molar-refractivity contribution in [2.24, 2.45) is 0 Å². The maximum atomic E-state index is 10.9. The van der Waals surface area contributed by atoms with Crippen LogP contribution >= 0.6 is 23.2 Å². The van der Waals surface area contributed by atoms with Crippen molar-refractivity contribution in [3.8, 4) is 11.5 Å². The summed E-state index contributed by atoms with van der Waals surface area (Å²) < 4.78 is 5.68. The molecule has 0 unspecified atom stereocenters. The second kappa shape index (κ2) is 5.02. The summed E-state index contributed by atoms with van der Waals surface area (Å²) in [7, 11) is 0. The summed E-state index contributed by atoms with van der Waals surface area (Å²) >= 11 is 11.9. The van der Waals surface area contributed by atoms with Gasteiger partial charge in [-0.05, 0) is 25.1 Å². The fraction of sp³-hybridized carbons (Fsp3) is 0.0714. The monoisotopic (exact) mass is 322 g/mol. The van der Waals surface area contributed by atoms with Gasteiger partial charge in [-0.25, -0.2) is 4.98 Å². The van der Waals surface area contributed by atoms with Crippen molar-refractivity contribution < 1.29 is 9.34 Å². The molecule has 0 fully saturated rings. The standard InChI is InChI=1S/C14H8Cl2N2O3/c1-7-2-11(18(19)20)6-12-13(7)21-14(17-12)8-3-9(15)5-10(16)4-8/h2-6H,1H3. The molecule has 0 aliphatic heterocycles. The predicted molar refractivity (Wildman–Crippen MR) is 80.9 cm³/mol. The quantitative estimate of drug-likeness (QED) is 0.490. The first-order chi connectivity index (χ1) is 9.94. The first kappa shape index (κ1) is 13.9. The number of non-ortho nitro benzene ring substituents is 1. The fourth-order valence-electron chi connectivity index (χ4n) is 2.09. The van der Waals surface area contributed by atoms with Gasteiger partial charge in [0.2, 0.25) is 5.89 Å². The van der Waals surface area contributed by atoms with Gasteiger partial charge in [0, 0.05) is 33.3 Å². The van der Waals surface area contributed by atoms with Gasteiger partial charge in [-0.1, -0.05) is 23.2 Å². The number of rotatable bonds is 2. The van der Waals surface area contributed by atoms with E-state index in [0.29, 0.717) is 38.2 Å². The highest BCUT2D eigenvalue weighted by Crippen LogP contribution is 2.32. The Morgan fingerprint density at radius 1 is 1.14 bits per heavy atom. The summed E-state index contributed by atoms with van der Waals surface area (Å²) in [5, 5.41) is 11.8. The zero-order chi connectivity index (χ0) is 15.1. The van der Waals surface area contributed by atoms with Crippen LogP contribution < -0.4 is 0 Å². The van der Waals surface area contributed by atoms with Crippen LogP contribution in [0.3, 0.4) is 0 Å². The van der Waals surface area contributed by atoms with Crippen LogP contribution in [0.25, 0.3) is 22.6 Å². The first-order valence-electron chi connectivity index (χ1n) is 5.96. The molecule has 0 N–H and O–H groups in total. The van der Waals surface area contributed by atoms with E-state index in [0.717, 1.165) is 0 Å². The number of halogens is 2. The third kappa shape index (κ3) is 2.57. The summed E-state index contributed by atoms with van der Waals surface area (Å²) in [6.45, 7) is 1.73. The molecule has 0 atom stereocenters. The van der Waals surface area contributed by atoms with Gasteiger partial charge in [0.15, 0.2) is 5.58 Å². The van der Waals surface area contributed by atoms with Crippen LogP contribution in [0, 0.1) is 17.0 Å². The van der Waals surface area contributed by atoms with Crippen LogP contribution in [0.2, 0.25) is 10.0 Å². The van der Waals surface area contributed by atoms with Crippen molar-refractivity contribution in [3.05, 3.63) is 56.1 Å². The van der Waals surface area contributed by atoms with Gasteiger partial charge in [-0.2, -0.15) is 0 Å². The van der Waals surface area contributed by atoms with Gasteiger partial charge < -0.3 is 4.42 Å². The highest BCUT2D eigenvalue weighted by Gasteiger charge is 2.16. The summed E-state index contributed by atoms with van der Waals surface area (Å²) in [5.74, 6) is 0.318. The maximum absolute atomic E-state index is 10.9. The summed E-state index contributed by atoms with van der Waals surface area (Å²) in [6.07, 6.45) is 0. The molecule has 0 spiro atoms. The normalized spacial score (nSPS) is 11.0. The Labute approximate surface area is 129 Å². The van der Waals surface area contributed by atoms with Crippen molar-refractivity contribution in [3.63, 3.8) is 0 Å². The van der Waals surface area contributed by atoms with Crippen LogP contribution in [0.1, 0.15) is 5.56 Å². The van der Waals surface area contributed by atoms with Gasteiger partial charge in [0.25, 0.3) is 5.69 Å². The number of oxazole rings is 1. The van der Waals surface area contributed by atoms with E-state index in [2.05, 4.69) is 4.98 Å². The van der Waals surface area contributed by atoms with Crippen molar-refractivity contribution in [1.82, 2.24) is 4.98 Å². The molecule has 0 radical (unpaired) electrons. The Balaban J connectivity index is 2.21. The second-order valence-corrected chi connectivity index (χ2v) is 5.42. The number of fused-ring (bicyclic) bond motifs is 1. The zero-order valence-electron chi connectivity index (χ0n) is 10.8. The van der Waals surface area contributed by atoms with E-state index in [1.54, 1.807) is 25.1 Å². The number of benzene rings is 2. The molecule has 2 aromatic carbocycles. The lowest BCUT2D eigenvalue weighted by Gasteiger charge is -1.98. The SMILES string of the molecule is Cc1cc([N+](=O)[O-])cc2nc(-c3cc(Cl)cc(Cl)c3)oc12. The molecule has 5 nitrogen and oxygen atoms in total. The van der Waals surface area contributed by atoms with Crippen molar-refractivity contribution in [2.75, 3.05) is 0 Å². The molecule has 106 valence electrons. The minimum atomic E-state index is -0.461. The Bertz CT molecular complexity index is 854. The number of nitro benzene ring substituents is 1. The molecule has 0 saturated heterocycles. The summed E-state index contributed by atoms with van der Waals surface area (Å²) in [4.78, 5) is 14.7. The number of nitrogens with zero attached hydrogens (tertiary/aromatic N) is 2. The average Bonchev–Trinajstić information content (AvgIpc) is 2.82. The number of hydrogen-bond donors (Lipinski definition) is 0. The van der Waals surface area contributed by atoms with E-state index in [4.69, 9.17) is 27.6 Å². The molecule has 0 bridgehead atoms. The molecular weight excluding hydrogens is 315 g/mol. The van der Waals surface area contributed by atoms with E-state index < -0.39 is 4.92 Å². The number of hydrogen-bond acceptors (Lipinski definition) is 4. The lowest BCUT2D eigenvalue weighted by atomic mass is 10.2. The molecule has 0 amide bonds. The third-order valence-corrected chi connectivity index (χ3v) is 3.42. The third-order valence-electron chi connectivity index (χ3n) is 2.98. The van der Waals surface area contributed by atoms with Crippen LogP contribution in [0.4, 0.5) is 5.69 Å². The lowest BCUT2D eigenvalue weighted by Crippen LogP contribution is -1.88. The van der Waals surface area contributed by atoms with Gasteiger partial charge in [0.1, 0.15) is 5.52 Å².